The zero-order chi connectivity index (χ0) is 15.6. The fraction of sp³-hybridized carbons (Fsp3) is 0.333. The average Bonchev–Trinajstić information content (AvgIpc) is 3.00. The minimum atomic E-state index is -3.27. The Morgan fingerprint density at radius 2 is 1.95 bits per heavy atom. The standard InChI is InChI=1S/C15H17N3O3S/c19-15(13-6-8-16-17-13)18-9-7-14(22(20,21)11-10-18)12-4-2-1-3-5-12/h1-6,8,14H,7,9-11H2,(H,16,17). The van der Waals surface area contributed by atoms with Gasteiger partial charge in [-0.25, -0.2) is 8.42 Å². The van der Waals surface area contributed by atoms with Gasteiger partial charge in [0, 0.05) is 19.3 Å². The minimum absolute atomic E-state index is 0.0214. The first kappa shape index (κ1) is 14.8. The van der Waals surface area contributed by atoms with Gasteiger partial charge in [-0.3, -0.25) is 9.89 Å². The molecule has 1 saturated heterocycles. The van der Waals surface area contributed by atoms with Crippen molar-refractivity contribution in [2.45, 2.75) is 11.7 Å². The molecule has 7 heteroatoms. The summed E-state index contributed by atoms with van der Waals surface area (Å²) in [4.78, 5) is 13.9. The molecular formula is C15H17N3O3S. The number of carbonyl (C=O) groups excluding carboxylic acids is 1. The zero-order valence-corrected chi connectivity index (χ0v) is 12.8. The third-order valence-electron chi connectivity index (χ3n) is 3.93. The maximum Gasteiger partial charge on any atom is 0.271 e. The van der Waals surface area contributed by atoms with Crippen molar-refractivity contribution < 1.29 is 13.2 Å². The lowest BCUT2D eigenvalue weighted by atomic mass is 10.1. The topological polar surface area (TPSA) is 83.1 Å². The summed E-state index contributed by atoms with van der Waals surface area (Å²) < 4.78 is 25.0. The van der Waals surface area contributed by atoms with Gasteiger partial charge in [0.05, 0.1) is 11.0 Å². The highest BCUT2D eigenvalue weighted by atomic mass is 32.2. The van der Waals surface area contributed by atoms with Gasteiger partial charge in [-0.15, -0.1) is 0 Å². The summed E-state index contributed by atoms with van der Waals surface area (Å²) >= 11 is 0. The van der Waals surface area contributed by atoms with Gasteiger partial charge in [0.25, 0.3) is 5.91 Å². The van der Waals surface area contributed by atoms with Crippen molar-refractivity contribution in [2.75, 3.05) is 18.8 Å². The Hall–Kier alpha value is -2.15. The van der Waals surface area contributed by atoms with Crippen LogP contribution < -0.4 is 0 Å². The van der Waals surface area contributed by atoms with E-state index < -0.39 is 15.1 Å². The van der Waals surface area contributed by atoms with Gasteiger partial charge >= 0.3 is 0 Å². The first-order chi connectivity index (χ1) is 10.6. The van der Waals surface area contributed by atoms with Crippen LogP contribution in [0.2, 0.25) is 0 Å². The molecule has 0 bridgehead atoms. The molecule has 2 heterocycles. The van der Waals surface area contributed by atoms with Gasteiger partial charge in [-0.1, -0.05) is 30.3 Å². The van der Waals surface area contributed by atoms with Crippen molar-refractivity contribution in [1.29, 1.82) is 0 Å². The lowest BCUT2D eigenvalue weighted by molar-refractivity contribution is 0.0760. The van der Waals surface area contributed by atoms with E-state index in [0.29, 0.717) is 18.7 Å². The number of carbonyl (C=O) groups is 1. The van der Waals surface area contributed by atoms with Crippen LogP contribution in [0.25, 0.3) is 0 Å². The zero-order valence-electron chi connectivity index (χ0n) is 12.0. The predicted octanol–water partition coefficient (Wildman–Crippen LogP) is 1.41. The number of nitrogens with one attached hydrogen (secondary N) is 1. The molecule has 1 fully saturated rings. The number of rotatable bonds is 2. The molecule has 2 aromatic rings. The number of benzene rings is 1. The quantitative estimate of drug-likeness (QED) is 0.907. The molecule has 22 heavy (non-hydrogen) atoms. The molecule has 1 aliphatic heterocycles. The molecule has 1 unspecified atom stereocenters. The van der Waals surface area contributed by atoms with Crippen LogP contribution in [0, 0.1) is 0 Å². The largest absolute Gasteiger partial charge is 0.336 e. The van der Waals surface area contributed by atoms with Crippen molar-refractivity contribution >= 4 is 15.7 Å². The van der Waals surface area contributed by atoms with E-state index in [4.69, 9.17) is 0 Å². The summed E-state index contributed by atoms with van der Waals surface area (Å²) in [7, 11) is -3.27. The third kappa shape index (κ3) is 2.89. The summed E-state index contributed by atoms with van der Waals surface area (Å²) in [5, 5.41) is 5.84. The normalized spacial score (nSPS) is 21.3. The molecule has 116 valence electrons. The Kier molecular flexibility index (Phi) is 3.98. The summed E-state index contributed by atoms with van der Waals surface area (Å²) in [6.45, 7) is 0.625. The van der Waals surface area contributed by atoms with Gasteiger partial charge in [-0.2, -0.15) is 5.10 Å². The third-order valence-corrected chi connectivity index (χ3v) is 6.06. The van der Waals surface area contributed by atoms with E-state index in [-0.39, 0.29) is 18.2 Å². The smallest absolute Gasteiger partial charge is 0.271 e. The van der Waals surface area contributed by atoms with Gasteiger partial charge in [0.2, 0.25) is 0 Å². The van der Waals surface area contributed by atoms with E-state index in [1.165, 1.54) is 6.20 Å². The lowest BCUT2D eigenvalue weighted by Gasteiger charge is -2.19. The monoisotopic (exact) mass is 319 g/mol. The molecule has 0 spiro atoms. The van der Waals surface area contributed by atoms with Crippen LogP contribution in [0.5, 0.6) is 0 Å². The second-order valence-electron chi connectivity index (χ2n) is 5.32. The summed E-state index contributed by atoms with van der Waals surface area (Å²) in [5.74, 6) is -0.228. The molecule has 0 radical (unpaired) electrons. The van der Waals surface area contributed by atoms with Gasteiger partial charge in [0.1, 0.15) is 5.69 Å². The highest BCUT2D eigenvalue weighted by molar-refractivity contribution is 7.91. The summed E-state index contributed by atoms with van der Waals surface area (Å²) in [6, 6.07) is 10.8. The number of H-pyrrole nitrogens is 1. The predicted molar refractivity (Wildman–Crippen MR) is 82.1 cm³/mol. The molecule has 0 saturated carbocycles. The molecule has 1 N–H and O–H groups in total. The Bertz CT molecular complexity index is 742. The Morgan fingerprint density at radius 1 is 1.18 bits per heavy atom. The Balaban J connectivity index is 1.82. The first-order valence-corrected chi connectivity index (χ1v) is 8.84. The Labute approximate surface area is 129 Å². The van der Waals surface area contributed by atoms with Crippen LogP contribution in [0.4, 0.5) is 0 Å². The average molecular weight is 319 g/mol. The van der Waals surface area contributed by atoms with E-state index in [2.05, 4.69) is 10.2 Å². The number of sulfone groups is 1. The van der Waals surface area contributed by atoms with E-state index in [1.54, 1.807) is 11.0 Å². The van der Waals surface area contributed by atoms with E-state index >= 15 is 0 Å². The fourth-order valence-electron chi connectivity index (χ4n) is 2.73. The van der Waals surface area contributed by atoms with Crippen molar-refractivity contribution in [3.63, 3.8) is 0 Å². The van der Waals surface area contributed by atoms with Crippen LogP contribution >= 0.6 is 0 Å². The molecule has 6 nitrogen and oxygen atoms in total. The highest BCUT2D eigenvalue weighted by Crippen LogP contribution is 2.29. The minimum Gasteiger partial charge on any atom is -0.336 e. The van der Waals surface area contributed by atoms with Gasteiger partial charge < -0.3 is 4.90 Å². The second-order valence-corrected chi connectivity index (χ2v) is 7.62. The van der Waals surface area contributed by atoms with E-state index in [9.17, 15) is 13.2 Å². The SMILES string of the molecule is O=C(c1ccn[nH]1)N1CCC(c2ccccc2)S(=O)(=O)CC1. The highest BCUT2D eigenvalue weighted by Gasteiger charge is 2.32. The van der Waals surface area contributed by atoms with Crippen LogP contribution in [0.15, 0.2) is 42.6 Å². The molecule has 1 aromatic heterocycles. The number of hydrogen-bond donors (Lipinski definition) is 1. The maximum absolute atomic E-state index is 12.5. The first-order valence-electron chi connectivity index (χ1n) is 7.13. The van der Waals surface area contributed by atoms with Crippen LogP contribution in [-0.4, -0.2) is 48.3 Å². The van der Waals surface area contributed by atoms with Crippen molar-refractivity contribution in [3.8, 4) is 0 Å². The summed E-state index contributed by atoms with van der Waals surface area (Å²) in [6.07, 6.45) is 1.92. The molecule has 1 atom stereocenters. The molecule has 3 rings (SSSR count). The van der Waals surface area contributed by atoms with E-state index in [0.717, 1.165) is 5.56 Å². The molecular weight excluding hydrogens is 302 g/mol. The van der Waals surface area contributed by atoms with Crippen LogP contribution in [-0.2, 0) is 9.84 Å². The molecule has 1 aliphatic rings. The number of nitrogens with zero attached hydrogens (tertiary/aromatic N) is 2. The van der Waals surface area contributed by atoms with Gasteiger partial charge in [0.15, 0.2) is 9.84 Å². The van der Waals surface area contributed by atoms with Crippen molar-refractivity contribution in [1.82, 2.24) is 15.1 Å². The second kappa shape index (κ2) is 5.92. The number of aromatic nitrogens is 2. The number of amides is 1. The Morgan fingerprint density at radius 3 is 2.64 bits per heavy atom. The van der Waals surface area contributed by atoms with Crippen molar-refractivity contribution in [3.05, 3.63) is 53.9 Å². The fourth-order valence-corrected chi connectivity index (χ4v) is 4.53. The van der Waals surface area contributed by atoms with Crippen molar-refractivity contribution in [2.24, 2.45) is 0 Å². The molecule has 1 aromatic carbocycles. The maximum atomic E-state index is 12.5. The van der Waals surface area contributed by atoms with Crippen LogP contribution in [0.1, 0.15) is 27.7 Å². The molecule has 1 amide bonds. The number of aromatic amines is 1. The number of hydrogen-bond acceptors (Lipinski definition) is 4. The van der Waals surface area contributed by atoms with E-state index in [1.807, 2.05) is 30.3 Å². The lowest BCUT2D eigenvalue weighted by Crippen LogP contribution is -2.33. The van der Waals surface area contributed by atoms with Crippen LogP contribution in [0.3, 0.4) is 0 Å². The summed E-state index contributed by atoms with van der Waals surface area (Å²) in [5.41, 5.74) is 1.17. The molecule has 0 aliphatic carbocycles. The van der Waals surface area contributed by atoms with Gasteiger partial charge in [-0.05, 0) is 18.1 Å².